The topological polar surface area (TPSA) is 95.5 Å². The van der Waals surface area contributed by atoms with Gasteiger partial charge in [-0.1, -0.05) is 11.6 Å². The van der Waals surface area contributed by atoms with Crippen molar-refractivity contribution in [2.75, 3.05) is 11.9 Å². The largest absolute Gasteiger partial charge is 0.481 e. The molecule has 0 aliphatic heterocycles. The Balaban J connectivity index is 2.96. The zero-order valence-corrected chi connectivity index (χ0v) is 13.5. The van der Waals surface area contributed by atoms with Crippen LogP contribution in [-0.4, -0.2) is 29.4 Å². The van der Waals surface area contributed by atoms with E-state index < -0.39 is 17.3 Å². The summed E-state index contributed by atoms with van der Waals surface area (Å²) < 4.78 is 0. The smallest absolute Gasteiger partial charge is 0.309 e. The van der Waals surface area contributed by atoms with Crippen LogP contribution in [0.15, 0.2) is 18.2 Å². The molecule has 120 valence electrons. The summed E-state index contributed by atoms with van der Waals surface area (Å²) in [5, 5.41) is 14.6. The van der Waals surface area contributed by atoms with E-state index in [1.807, 2.05) is 0 Å². The van der Waals surface area contributed by atoms with E-state index in [2.05, 4.69) is 10.6 Å². The lowest BCUT2D eigenvalue weighted by Crippen LogP contribution is -2.30. The van der Waals surface area contributed by atoms with Crippen LogP contribution in [0.5, 0.6) is 0 Å². The molecule has 0 aromatic heterocycles. The first-order valence-electron chi connectivity index (χ1n) is 6.78. The van der Waals surface area contributed by atoms with Crippen LogP contribution >= 0.6 is 11.6 Å². The molecule has 7 heteroatoms. The third kappa shape index (κ3) is 4.73. The van der Waals surface area contributed by atoms with Gasteiger partial charge in [0.15, 0.2) is 0 Å². The number of halogens is 1. The Morgan fingerprint density at radius 2 is 1.91 bits per heavy atom. The molecule has 0 saturated heterocycles. The molecule has 1 aromatic carbocycles. The van der Waals surface area contributed by atoms with Gasteiger partial charge in [-0.15, -0.1) is 0 Å². The number of amides is 2. The highest BCUT2D eigenvalue weighted by atomic mass is 35.5. The van der Waals surface area contributed by atoms with E-state index in [4.69, 9.17) is 16.7 Å². The van der Waals surface area contributed by atoms with Crippen LogP contribution in [0.1, 0.15) is 37.6 Å². The second-order valence-corrected chi connectivity index (χ2v) is 5.90. The quantitative estimate of drug-likeness (QED) is 0.748. The third-order valence-electron chi connectivity index (χ3n) is 3.02. The molecule has 6 nitrogen and oxygen atoms in total. The number of carbonyl (C=O) groups excluding carboxylic acids is 2. The lowest BCUT2D eigenvalue weighted by molar-refractivity contribution is -0.148. The maximum absolute atomic E-state index is 12.0. The Labute approximate surface area is 133 Å². The molecular weight excluding hydrogens is 308 g/mol. The van der Waals surface area contributed by atoms with Gasteiger partial charge in [-0.2, -0.15) is 0 Å². The van der Waals surface area contributed by atoms with E-state index in [1.54, 1.807) is 13.0 Å². The van der Waals surface area contributed by atoms with Crippen molar-refractivity contribution in [1.82, 2.24) is 5.32 Å². The summed E-state index contributed by atoms with van der Waals surface area (Å²) in [4.78, 5) is 35.0. The van der Waals surface area contributed by atoms with Gasteiger partial charge in [0.05, 0.1) is 16.7 Å². The Kier molecular flexibility index (Phi) is 5.93. The summed E-state index contributed by atoms with van der Waals surface area (Å²) in [5.41, 5.74) is -0.667. The average Bonchev–Trinajstić information content (AvgIpc) is 2.40. The molecule has 22 heavy (non-hydrogen) atoms. The molecule has 0 saturated carbocycles. The van der Waals surface area contributed by atoms with Gasteiger partial charge in [0.2, 0.25) is 5.91 Å². The fourth-order valence-corrected chi connectivity index (χ4v) is 1.91. The van der Waals surface area contributed by atoms with Crippen molar-refractivity contribution in [2.24, 2.45) is 5.41 Å². The van der Waals surface area contributed by atoms with Crippen molar-refractivity contribution in [2.45, 2.75) is 27.2 Å². The minimum atomic E-state index is -1.19. The summed E-state index contributed by atoms with van der Waals surface area (Å²) in [6.07, 6.45) is -0.209. The highest BCUT2D eigenvalue weighted by Gasteiger charge is 2.30. The fraction of sp³-hybridized carbons (Fsp3) is 0.400. The van der Waals surface area contributed by atoms with E-state index in [1.165, 1.54) is 26.0 Å². The number of carboxylic acids is 1. The summed E-state index contributed by atoms with van der Waals surface area (Å²) in [5.74, 6) is -1.92. The number of carbonyl (C=O) groups is 3. The predicted octanol–water partition coefficient (Wildman–Crippen LogP) is 2.53. The molecule has 0 bridgehead atoms. The summed E-state index contributed by atoms with van der Waals surface area (Å²) in [7, 11) is 0. The van der Waals surface area contributed by atoms with E-state index >= 15 is 0 Å². The lowest BCUT2D eigenvalue weighted by atomic mass is 9.89. The second kappa shape index (κ2) is 7.26. The standard InChI is InChI=1S/C15H19ClN2O4/c1-4-17-13(20)10-7-9(16)5-6-11(10)18-12(19)8-15(2,3)14(21)22/h5-7H,4,8H2,1-3H3,(H,17,20)(H,18,19)(H,21,22). The maximum atomic E-state index is 12.0. The van der Waals surface area contributed by atoms with Gasteiger partial charge in [-0.3, -0.25) is 14.4 Å². The van der Waals surface area contributed by atoms with Crippen LogP contribution in [0.2, 0.25) is 5.02 Å². The molecule has 0 aliphatic carbocycles. The molecular formula is C15H19ClN2O4. The van der Waals surface area contributed by atoms with Gasteiger partial charge in [-0.05, 0) is 39.0 Å². The van der Waals surface area contributed by atoms with Crippen molar-refractivity contribution in [3.05, 3.63) is 28.8 Å². The number of rotatable bonds is 6. The third-order valence-corrected chi connectivity index (χ3v) is 3.25. The maximum Gasteiger partial charge on any atom is 0.309 e. The van der Waals surface area contributed by atoms with Crippen LogP contribution < -0.4 is 10.6 Å². The van der Waals surface area contributed by atoms with Gasteiger partial charge in [0, 0.05) is 18.0 Å². The number of carboxylic acid groups (broad SMARTS) is 1. The number of hydrogen-bond acceptors (Lipinski definition) is 3. The SMILES string of the molecule is CCNC(=O)c1cc(Cl)ccc1NC(=O)CC(C)(C)C(=O)O. The highest BCUT2D eigenvalue weighted by Crippen LogP contribution is 2.24. The monoisotopic (exact) mass is 326 g/mol. The number of benzene rings is 1. The first-order chi connectivity index (χ1) is 10.2. The van der Waals surface area contributed by atoms with Gasteiger partial charge in [0.25, 0.3) is 5.91 Å². The Bertz CT molecular complexity index is 599. The minimum absolute atomic E-state index is 0.209. The minimum Gasteiger partial charge on any atom is -0.481 e. The van der Waals surface area contributed by atoms with Crippen LogP contribution in [0.3, 0.4) is 0 Å². The van der Waals surface area contributed by atoms with E-state index in [0.29, 0.717) is 17.3 Å². The number of anilines is 1. The number of aliphatic carboxylic acids is 1. The zero-order chi connectivity index (χ0) is 16.9. The van der Waals surface area contributed by atoms with Crippen LogP contribution in [0.4, 0.5) is 5.69 Å². The molecule has 0 unspecified atom stereocenters. The van der Waals surface area contributed by atoms with Gasteiger partial charge < -0.3 is 15.7 Å². The Morgan fingerprint density at radius 3 is 2.45 bits per heavy atom. The first-order valence-corrected chi connectivity index (χ1v) is 7.16. The van der Waals surface area contributed by atoms with Crippen LogP contribution in [0.25, 0.3) is 0 Å². The lowest BCUT2D eigenvalue weighted by Gasteiger charge is -2.19. The highest BCUT2D eigenvalue weighted by molar-refractivity contribution is 6.31. The zero-order valence-electron chi connectivity index (χ0n) is 12.7. The molecule has 1 rings (SSSR count). The Morgan fingerprint density at radius 1 is 1.27 bits per heavy atom. The molecule has 1 aromatic rings. The molecule has 0 heterocycles. The first kappa shape index (κ1) is 18.0. The normalized spacial score (nSPS) is 10.9. The average molecular weight is 327 g/mol. The van der Waals surface area contributed by atoms with E-state index in [0.717, 1.165) is 0 Å². The molecule has 0 atom stereocenters. The van der Waals surface area contributed by atoms with E-state index in [9.17, 15) is 14.4 Å². The van der Waals surface area contributed by atoms with Crippen molar-refractivity contribution in [3.63, 3.8) is 0 Å². The molecule has 0 aliphatic rings. The fourth-order valence-electron chi connectivity index (χ4n) is 1.74. The van der Waals surface area contributed by atoms with Gasteiger partial charge in [-0.25, -0.2) is 0 Å². The second-order valence-electron chi connectivity index (χ2n) is 5.46. The summed E-state index contributed by atoms with van der Waals surface area (Å²) in [6.45, 7) is 5.13. The predicted molar refractivity (Wildman–Crippen MR) is 84.1 cm³/mol. The van der Waals surface area contributed by atoms with E-state index in [-0.39, 0.29) is 17.9 Å². The molecule has 0 fully saturated rings. The molecule has 0 radical (unpaired) electrons. The summed E-state index contributed by atoms with van der Waals surface area (Å²) in [6, 6.07) is 4.51. The molecule has 0 spiro atoms. The van der Waals surface area contributed by atoms with Gasteiger partial charge in [0.1, 0.15) is 0 Å². The van der Waals surface area contributed by atoms with Crippen LogP contribution in [0, 0.1) is 5.41 Å². The number of nitrogens with one attached hydrogen (secondary N) is 2. The Hall–Kier alpha value is -2.08. The summed E-state index contributed by atoms with van der Waals surface area (Å²) >= 11 is 5.88. The van der Waals surface area contributed by atoms with Gasteiger partial charge >= 0.3 is 5.97 Å². The number of hydrogen-bond donors (Lipinski definition) is 3. The van der Waals surface area contributed by atoms with Crippen molar-refractivity contribution < 1.29 is 19.5 Å². The molecule has 2 amide bonds. The van der Waals surface area contributed by atoms with Crippen LogP contribution in [-0.2, 0) is 9.59 Å². The molecule has 3 N–H and O–H groups in total. The van der Waals surface area contributed by atoms with Crippen molar-refractivity contribution >= 4 is 35.1 Å². The van der Waals surface area contributed by atoms with Crippen molar-refractivity contribution in [1.29, 1.82) is 0 Å². The van der Waals surface area contributed by atoms with Crippen molar-refractivity contribution in [3.8, 4) is 0 Å².